The van der Waals surface area contributed by atoms with Gasteiger partial charge >= 0.3 is 0 Å². The number of benzene rings is 2. The van der Waals surface area contributed by atoms with E-state index in [-0.39, 0.29) is 6.54 Å². The average molecular weight is 285 g/mol. The van der Waals surface area contributed by atoms with E-state index in [4.69, 9.17) is 0 Å². The Bertz CT molecular complexity index is 741. The molecule has 0 radical (unpaired) electrons. The number of sulfonamides is 1. The first-order chi connectivity index (χ1) is 9.56. The molecule has 0 spiro atoms. The van der Waals surface area contributed by atoms with E-state index >= 15 is 0 Å². The molecule has 20 heavy (non-hydrogen) atoms. The fourth-order valence-corrected chi connectivity index (χ4v) is 2.10. The summed E-state index contributed by atoms with van der Waals surface area (Å²) < 4.78 is 24.3. The molecule has 4 heteroatoms. The van der Waals surface area contributed by atoms with Crippen molar-refractivity contribution < 1.29 is 8.42 Å². The Kier molecular flexibility index (Phi) is 4.57. The van der Waals surface area contributed by atoms with Crippen LogP contribution in [-0.2, 0) is 10.0 Å². The summed E-state index contributed by atoms with van der Waals surface area (Å²) in [4.78, 5) is 0. The second-order valence-electron chi connectivity index (χ2n) is 4.31. The summed E-state index contributed by atoms with van der Waals surface area (Å²) in [5, 5.41) is 0. The molecule has 0 aliphatic rings. The monoisotopic (exact) mass is 285 g/mol. The number of hydrogen-bond acceptors (Lipinski definition) is 2. The van der Waals surface area contributed by atoms with Crippen LogP contribution in [0.3, 0.4) is 0 Å². The van der Waals surface area contributed by atoms with Gasteiger partial charge in [-0.05, 0) is 17.2 Å². The highest BCUT2D eigenvalue weighted by atomic mass is 32.2. The zero-order valence-electron chi connectivity index (χ0n) is 11.1. The lowest BCUT2D eigenvalue weighted by Crippen LogP contribution is -2.21. The highest BCUT2D eigenvalue weighted by molar-refractivity contribution is 7.88. The van der Waals surface area contributed by atoms with Gasteiger partial charge in [0, 0.05) is 5.56 Å². The molecule has 1 N–H and O–H groups in total. The van der Waals surface area contributed by atoms with Gasteiger partial charge in [0.15, 0.2) is 0 Å². The van der Waals surface area contributed by atoms with E-state index in [1.807, 2.05) is 54.6 Å². The minimum Gasteiger partial charge on any atom is -0.213 e. The third-order valence-corrected chi connectivity index (χ3v) is 3.33. The zero-order chi connectivity index (χ0) is 14.4. The van der Waals surface area contributed by atoms with Gasteiger partial charge in [0.25, 0.3) is 0 Å². The van der Waals surface area contributed by atoms with E-state index in [0.717, 1.165) is 22.9 Å². The van der Waals surface area contributed by atoms with Crippen LogP contribution >= 0.6 is 0 Å². The molecule has 0 amide bonds. The molecular weight excluding hydrogens is 270 g/mol. The smallest absolute Gasteiger partial charge is 0.209 e. The largest absolute Gasteiger partial charge is 0.213 e. The van der Waals surface area contributed by atoms with Crippen LogP contribution in [-0.4, -0.2) is 21.2 Å². The van der Waals surface area contributed by atoms with Crippen LogP contribution in [0.5, 0.6) is 0 Å². The van der Waals surface area contributed by atoms with E-state index in [1.165, 1.54) is 0 Å². The Morgan fingerprint density at radius 3 is 2.35 bits per heavy atom. The molecule has 0 aliphatic heterocycles. The van der Waals surface area contributed by atoms with Crippen molar-refractivity contribution in [2.75, 3.05) is 12.8 Å². The minimum atomic E-state index is -3.19. The van der Waals surface area contributed by atoms with Crippen molar-refractivity contribution in [1.82, 2.24) is 4.72 Å². The Hall–Kier alpha value is -2.09. The van der Waals surface area contributed by atoms with E-state index in [9.17, 15) is 8.42 Å². The highest BCUT2D eigenvalue weighted by Crippen LogP contribution is 2.22. The van der Waals surface area contributed by atoms with Crippen molar-refractivity contribution in [1.29, 1.82) is 0 Å². The van der Waals surface area contributed by atoms with Crippen LogP contribution < -0.4 is 4.72 Å². The fraction of sp³-hybridized carbons (Fsp3) is 0.125. The van der Waals surface area contributed by atoms with E-state index in [1.54, 1.807) is 0 Å². The van der Waals surface area contributed by atoms with Gasteiger partial charge in [-0.25, -0.2) is 13.1 Å². The Morgan fingerprint density at radius 2 is 1.65 bits per heavy atom. The molecule has 0 heterocycles. The molecule has 0 aliphatic carbocycles. The predicted octanol–water partition coefficient (Wildman–Crippen LogP) is 2.25. The van der Waals surface area contributed by atoms with E-state index in [0.29, 0.717) is 0 Å². The maximum atomic E-state index is 11.0. The number of rotatable bonds is 3. The molecule has 0 saturated carbocycles. The molecule has 2 aromatic carbocycles. The van der Waals surface area contributed by atoms with Gasteiger partial charge in [0.2, 0.25) is 10.0 Å². The van der Waals surface area contributed by atoms with Crippen LogP contribution in [0.2, 0.25) is 0 Å². The summed E-state index contributed by atoms with van der Waals surface area (Å²) in [6, 6.07) is 17.8. The second kappa shape index (κ2) is 6.38. The Labute approximate surface area is 119 Å². The van der Waals surface area contributed by atoms with Gasteiger partial charge in [0.05, 0.1) is 12.8 Å². The molecule has 2 rings (SSSR count). The van der Waals surface area contributed by atoms with Crippen molar-refractivity contribution in [2.24, 2.45) is 0 Å². The van der Waals surface area contributed by atoms with E-state index < -0.39 is 10.0 Å². The minimum absolute atomic E-state index is 0.113. The van der Waals surface area contributed by atoms with Crippen molar-refractivity contribution in [3.05, 3.63) is 60.2 Å². The number of hydrogen-bond donors (Lipinski definition) is 1. The molecular formula is C16H15NO2S. The second-order valence-corrected chi connectivity index (χ2v) is 6.14. The first-order valence-corrected chi connectivity index (χ1v) is 8.03. The third-order valence-electron chi connectivity index (χ3n) is 2.66. The van der Waals surface area contributed by atoms with E-state index in [2.05, 4.69) is 16.6 Å². The Morgan fingerprint density at radius 1 is 1.00 bits per heavy atom. The summed E-state index contributed by atoms with van der Waals surface area (Å²) in [5.74, 6) is 5.84. The maximum absolute atomic E-state index is 11.0. The molecule has 3 nitrogen and oxygen atoms in total. The molecule has 2 aromatic rings. The lowest BCUT2D eigenvalue weighted by molar-refractivity contribution is 0.592. The SMILES string of the molecule is CS(=O)(=O)NCC#Cc1ccccc1-c1ccccc1. The number of nitrogens with one attached hydrogen (secondary N) is 1. The normalized spacial score (nSPS) is 10.7. The van der Waals surface area contributed by atoms with Crippen molar-refractivity contribution in [3.8, 4) is 23.0 Å². The summed E-state index contributed by atoms with van der Waals surface area (Å²) in [6.45, 7) is 0.113. The van der Waals surface area contributed by atoms with Crippen LogP contribution in [0, 0.1) is 11.8 Å². The lowest BCUT2D eigenvalue weighted by Gasteiger charge is -2.04. The first-order valence-electron chi connectivity index (χ1n) is 6.14. The summed E-state index contributed by atoms with van der Waals surface area (Å²) in [6.07, 6.45) is 1.12. The van der Waals surface area contributed by atoms with Crippen LogP contribution in [0.25, 0.3) is 11.1 Å². The van der Waals surface area contributed by atoms with Gasteiger partial charge in [0.1, 0.15) is 0 Å². The highest BCUT2D eigenvalue weighted by Gasteiger charge is 2.01. The fourth-order valence-electron chi connectivity index (χ4n) is 1.77. The molecule has 0 saturated heterocycles. The third kappa shape index (κ3) is 4.23. The zero-order valence-corrected chi connectivity index (χ0v) is 11.9. The first kappa shape index (κ1) is 14.3. The van der Waals surface area contributed by atoms with Crippen molar-refractivity contribution in [3.63, 3.8) is 0 Å². The van der Waals surface area contributed by atoms with Crippen LogP contribution in [0.15, 0.2) is 54.6 Å². The van der Waals surface area contributed by atoms with Gasteiger partial charge in [-0.1, -0.05) is 60.4 Å². The summed E-state index contributed by atoms with van der Waals surface area (Å²) in [7, 11) is -3.19. The average Bonchev–Trinajstić information content (AvgIpc) is 2.44. The van der Waals surface area contributed by atoms with Gasteiger partial charge in [-0.2, -0.15) is 0 Å². The van der Waals surface area contributed by atoms with Crippen LogP contribution in [0.4, 0.5) is 0 Å². The Balaban J connectivity index is 2.24. The van der Waals surface area contributed by atoms with Crippen LogP contribution in [0.1, 0.15) is 5.56 Å². The molecule has 0 atom stereocenters. The molecule has 0 aromatic heterocycles. The topological polar surface area (TPSA) is 46.2 Å². The van der Waals surface area contributed by atoms with Crippen molar-refractivity contribution >= 4 is 10.0 Å². The maximum Gasteiger partial charge on any atom is 0.209 e. The van der Waals surface area contributed by atoms with Crippen molar-refractivity contribution in [2.45, 2.75) is 0 Å². The quantitative estimate of drug-likeness (QED) is 0.879. The molecule has 0 fully saturated rings. The molecule has 102 valence electrons. The van der Waals surface area contributed by atoms with Gasteiger partial charge < -0.3 is 0 Å². The summed E-state index contributed by atoms with van der Waals surface area (Å²) >= 11 is 0. The standard InChI is InChI=1S/C16H15NO2S/c1-20(18,19)17-13-7-11-15-10-5-6-12-16(15)14-8-3-2-4-9-14/h2-6,8-10,12,17H,13H2,1H3. The van der Waals surface area contributed by atoms with Gasteiger partial charge in [-0.15, -0.1) is 0 Å². The molecule has 0 unspecified atom stereocenters. The lowest BCUT2D eigenvalue weighted by atomic mass is 10.0. The van der Waals surface area contributed by atoms with Gasteiger partial charge in [-0.3, -0.25) is 0 Å². The summed E-state index contributed by atoms with van der Waals surface area (Å²) in [5.41, 5.74) is 3.02. The predicted molar refractivity (Wildman–Crippen MR) is 81.6 cm³/mol. The molecule has 0 bridgehead atoms.